The first-order valence-corrected chi connectivity index (χ1v) is 12.7. The first-order chi connectivity index (χ1) is 15.5. The number of amides is 1. The van der Waals surface area contributed by atoms with E-state index in [1.807, 2.05) is 6.92 Å². The predicted octanol–water partition coefficient (Wildman–Crippen LogP) is 6.96. The van der Waals surface area contributed by atoms with Crippen LogP contribution in [-0.4, -0.2) is 29.3 Å². The largest absolute Gasteiger partial charge is 0.435 e. The Morgan fingerprint density at radius 3 is 2.52 bits per heavy atom. The third kappa shape index (κ3) is 5.68. The summed E-state index contributed by atoms with van der Waals surface area (Å²) < 4.78 is 56.2. The maximum absolute atomic E-state index is 14.2. The van der Waals surface area contributed by atoms with Gasteiger partial charge in [0.2, 0.25) is 5.91 Å². The normalized spacial score (nSPS) is 18.1. The summed E-state index contributed by atoms with van der Waals surface area (Å²) in [7, 11) is 0. The summed E-state index contributed by atoms with van der Waals surface area (Å²) in [4.78, 5) is 16.8. The Balaban J connectivity index is 1.83. The lowest BCUT2D eigenvalue weighted by atomic mass is 9.86. The molecule has 3 rings (SSSR count). The van der Waals surface area contributed by atoms with Crippen molar-refractivity contribution in [2.75, 3.05) is 11.5 Å². The fourth-order valence-electron chi connectivity index (χ4n) is 3.16. The van der Waals surface area contributed by atoms with Crippen molar-refractivity contribution in [3.63, 3.8) is 0 Å². The third-order valence-corrected chi connectivity index (χ3v) is 7.32. The molecule has 0 aromatic heterocycles. The van der Waals surface area contributed by atoms with E-state index in [-0.39, 0.29) is 37.7 Å². The molecule has 1 aliphatic rings. The molecule has 4 nitrogen and oxygen atoms in total. The molecule has 0 spiro atoms. The van der Waals surface area contributed by atoms with E-state index in [0.717, 1.165) is 17.9 Å². The van der Waals surface area contributed by atoms with Gasteiger partial charge in [-0.2, -0.15) is 24.9 Å². The smallest absolute Gasteiger partial charge is 0.374 e. The number of nitrogens with one attached hydrogen (secondary N) is 1. The minimum Gasteiger partial charge on any atom is -0.374 e. The van der Waals surface area contributed by atoms with Crippen LogP contribution in [0.4, 0.5) is 17.6 Å². The van der Waals surface area contributed by atoms with Gasteiger partial charge in [0.25, 0.3) is 5.60 Å². The molecule has 178 valence electrons. The molecule has 33 heavy (non-hydrogen) atoms. The molecule has 1 aliphatic heterocycles. The second-order valence-corrected chi connectivity index (χ2v) is 10.5. The number of thioether (sulfide) groups is 1. The zero-order valence-corrected chi connectivity index (χ0v) is 21.8. The monoisotopic (exact) mass is 630 g/mol. The van der Waals surface area contributed by atoms with Crippen molar-refractivity contribution in [3.8, 4) is 0 Å². The number of carbonyl (C=O) groups excluding carboxylic acids is 1. The molecule has 0 saturated heterocycles. The lowest BCUT2D eigenvalue weighted by Gasteiger charge is -2.29. The number of carbonyl (C=O) groups is 1. The zero-order valence-electron chi connectivity index (χ0n) is 17.0. The van der Waals surface area contributed by atoms with Gasteiger partial charge in [-0.05, 0) is 61.4 Å². The van der Waals surface area contributed by atoms with Gasteiger partial charge in [0.05, 0.1) is 20.4 Å². The van der Waals surface area contributed by atoms with E-state index in [2.05, 4.69) is 42.3 Å². The van der Waals surface area contributed by atoms with Crippen molar-refractivity contribution in [1.82, 2.24) is 5.32 Å². The molecule has 0 fully saturated rings. The van der Waals surface area contributed by atoms with Crippen LogP contribution in [0.5, 0.6) is 0 Å². The minimum absolute atomic E-state index is 0.0423. The molecule has 2 aromatic carbocycles. The minimum atomic E-state index is -4.83. The van der Waals surface area contributed by atoms with Crippen LogP contribution in [0.3, 0.4) is 0 Å². The molecular formula is C21H17Br2ClF4N2O2S. The summed E-state index contributed by atoms with van der Waals surface area (Å²) in [6, 6.07) is 6.73. The molecule has 1 N–H and O–H groups in total. The van der Waals surface area contributed by atoms with Gasteiger partial charge in [-0.25, -0.2) is 4.39 Å². The van der Waals surface area contributed by atoms with Gasteiger partial charge >= 0.3 is 6.18 Å². The number of benzene rings is 2. The summed E-state index contributed by atoms with van der Waals surface area (Å²) >= 11 is 13.7. The summed E-state index contributed by atoms with van der Waals surface area (Å²) in [5.41, 5.74) is -2.08. The summed E-state index contributed by atoms with van der Waals surface area (Å²) in [5.74, 6) is 0.286. The first-order valence-electron chi connectivity index (χ1n) is 9.58. The van der Waals surface area contributed by atoms with E-state index in [4.69, 9.17) is 16.4 Å². The Labute approximate surface area is 213 Å². The lowest BCUT2D eigenvalue weighted by molar-refractivity contribution is -0.275. The van der Waals surface area contributed by atoms with E-state index in [0.29, 0.717) is 16.9 Å². The van der Waals surface area contributed by atoms with E-state index < -0.39 is 24.0 Å². The molecule has 0 saturated carbocycles. The van der Waals surface area contributed by atoms with Crippen LogP contribution in [0, 0.1) is 5.82 Å². The van der Waals surface area contributed by atoms with Gasteiger partial charge in [-0.15, -0.1) is 0 Å². The summed E-state index contributed by atoms with van der Waals surface area (Å²) in [5, 5.41) is 6.72. The van der Waals surface area contributed by atoms with Gasteiger partial charge in [-0.1, -0.05) is 35.8 Å². The Kier molecular flexibility index (Phi) is 8.40. The maximum atomic E-state index is 14.2. The van der Waals surface area contributed by atoms with Gasteiger partial charge in [0.1, 0.15) is 0 Å². The predicted molar refractivity (Wildman–Crippen MR) is 128 cm³/mol. The van der Waals surface area contributed by atoms with E-state index in [1.165, 1.54) is 17.8 Å². The van der Waals surface area contributed by atoms with Crippen molar-refractivity contribution in [2.24, 2.45) is 5.16 Å². The molecule has 0 radical (unpaired) electrons. The van der Waals surface area contributed by atoms with Crippen molar-refractivity contribution in [3.05, 3.63) is 66.8 Å². The van der Waals surface area contributed by atoms with Gasteiger partial charge in [-0.3, -0.25) is 4.79 Å². The number of nitrogens with zero attached hydrogens (tertiary/aromatic N) is 1. The third-order valence-electron chi connectivity index (χ3n) is 4.94. The van der Waals surface area contributed by atoms with Crippen LogP contribution < -0.4 is 5.32 Å². The van der Waals surface area contributed by atoms with E-state index >= 15 is 0 Å². The van der Waals surface area contributed by atoms with Crippen molar-refractivity contribution < 1.29 is 27.2 Å². The van der Waals surface area contributed by atoms with Crippen molar-refractivity contribution >= 4 is 66.8 Å². The number of rotatable bonds is 7. The number of hydrogen-bond acceptors (Lipinski definition) is 4. The van der Waals surface area contributed by atoms with Crippen LogP contribution in [0.2, 0.25) is 5.02 Å². The number of halogens is 7. The average molecular weight is 633 g/mol. The van der Waals surface area contributed by atoms with Crippen LogP contribution in [0.25, 0.3) is 0 Å². The first kappa shape index (κ1) is 26.3. The Morgan fingerprint density at radius 2 is 1.94 bits per heavy atom. The Bertz CT molecular complexity index is 1080. The number of alkyl halides is 3. The highest BCUT2D eigenvalue weighted by atomic mass is 79.9. The second kappa shape index (κ2) is 10.5. The maximum Gasteiger partial charge on any atom is 0.435 e. The van der Waals surface area contributed by atoms with Crippen LogP contribution in [0.1, 0.15) is 30.0 Å². The van der Waals surface area contributed by atoms with Crippen LogP contribution in [-0.2, 0) is 21.8 Å². The number of oxime groups is 1. The fourth-order valence-corrected chi connectivity index (χ4v) is 5.08. The lowest BCUT2D eigenvalue weighted by Crippen LogP contribution is -2.42. The van der Waals surface area contributed by atoms with E-state index in [9.17, 15) is 22.4 Å². The molecule has 2 aromatic rings. The van der Waals surface area contributed by atoms with Crippen LogP contribution in [0.15, 0.2) is 44.4 Å². The fraction of sp³-hybridized carbons (Fsp3) is 0.333. The molecule has 12 heteroatoms. The Morgan fingerprint density at radius 1 is 1.27 bits per heavy atom. The molecule has 1 heterocycles. The highest BCUT2D eigenvalue weighted by Crippen LogP contribution is 2.50. The van der Waals surface area contributed by atoms with E-state index in [1.54, 1.807) is 12.1 Å². The molecule has 0 aliphatic carbocycles. The topological polar surface area (TPSA) is 50.7 Å². The van der Waals surface area contributed by atoms with Gasteiger partial charge in [0, 0.05) is 29.1 Å². The van der Waals surface area contributed by atoms with Crippen LogP contribution >= 0.6 is 55.2 Å². The highest BCUT2D eigenvalue weighted by Gasteiger charge is 2.62. The SMILES string of the molecule is CCSCC(=O)NCc1ccc(C2=NOC(c3cc(Br)c(F)c(Br)c3)(C(F)(F)F)C2)cc1Cl. The second-order valence-electron chi connectivity index (χ2n) is 7.10. The molecule has 1 unspecified atom stereocenters. The molecule has 1 amide bonds. The van der Waals surface area contributed by atoms with Crippen molar-refractivity contribution in [2.45, 2.75) is 31.7 Å². The van der Waals surface area contributed by atoms with Gasteiger partial charge < -0.3 is 10.2 Å². The quantitative estimate of drug-likeness (QED) is 0.266. The molecular weight excluding hydrogens is 616 g/mol. The Hall–Kier alpha value is -1.30. The standard InChI is InChI=1S/C21H17Br2ClF4N2O2S/c1-2-33-10-18(31)29-9-12-4-3-11(5-16(12)24)17-8-20(32-30-17,21(26,27)28)13-6-14(22)19(25)15(23)7-13/h3-7H,2,8-10H2,1H3,(H,29,31). The number of hydrogen-bond donors (Lipinski definition) is 1. The average Bonchev–Trinajstić information content (AvgIpc) is 3.22. The zero-order chi connectivity index (χ0) is 24.4. The summed E-state index contributed by atoms with van der Waals surface area (Å²) in [6.07, 6.45) is -5.46. The highest BCUT2D eigenvalue weighted by molar-refractivity contribution is 9.11. The van der Waals surface area contributed by atoms with Gasteiger partial charge in [0.15, 0.2) is 5.82 Å². The molecule has 1 atom stereocenters. The summed E-state index contributed by atoms with van der Waals surface area (Å²) in [6.45, 7) is 2.14. The molecule has 0 bridgehead atoms. The van der Waals surface area contributed by atoms with Crippen molar-refractivity contribution in [1.29, 1.82) is 0 Å².